The van der Waals surface area contributed by atoms with E-state index in [1.807, 2.05) is 0 Å². The lowest BCUT2D eigenvalue weighted by Crippen LogP contribution is -2.72. The number of aldehydes is 1. The number of amides is 5. The molecule has 0 spiro atoms. The number of carboxylic acid groups (broad SMARTS) is 1. The van der Waals surface area contributed by atoms with Crippen molar-refractivity contribution in [2.45, 2.75) is 75.9 Å². The Morgan fingerprint density at radius 3 is 2.45 bits per heavy atom. The van der Waals surface area contributed by atoms with E-state index in [4.69, 9.17) is 11.6 Å². The average Bonchev–Trinajstić information content (AvgIpc) is 3.01. The number of allylic oxidation sites excluding steroid dienone is 1. The minimum absolute atomic E-state index is 0.0339. The van der Waals surface area contributed by atoms with E-state index in [0.717, 1.165) is 4.90 Å². The van der Waals surface area contributed by atoms with Crippen LogP contribution in [0.4, 0.5) is 0 Å². The molecule has 15 heteroatoms. The van der Waals surface area contributed by atoms with Crippen molar-refractivity contribution < 1.29 is 43.9 Å². The third-order valence-corrected chi connectivity index (χ3v) is 7.66. The number of aliphatic carboxylic acids is 1. The predicted molar refractivity (Wildman–Crippen MR) is 155 cm³/mol. The van der Waals surface area contributed by atoms with Crippen molar-refractivity contribution in [1.29, 1.82) is 0 Å². The molecular weight excluding hydrogens is 598 g/mol. The van der Waals surface area contributed by atoms with E-state index in [-0.39, 0.29) is 55.3 Å². The van der Waals surface area contributed by atoms with Crippen molar-refractivity contribution in [3.63, 3.8) is 0 Å². The minimum Gasteiger partial charge on any atom is -0.477 e. The van der Waals surface area contributed by atoms with Gasteiger partial charge in [-0.1, -0.05) is 41.9 Å². The molecule has 44 heavy (non-hydrogen) atoms. The van der Waals surface area contributed by atoms with Crippen molar-refractivity contribution in [1.82, 2.24) is 25.9 Å². The number of β-lactam (4-membered cyclic amide) rings is 1. The number of benzene rings is 1. The molecule has 1 aromatic rings. The van der Waals surface area contributed by atoms with Gasteiger partial charge in [-0.05, 0) is 37.7 Å². The lowest BCUT2D eigenvalue weighted by molar-refractivity contribution is -0.166. The highest BCUT2D eigenvalue weighted by Crippen LogP contribution is 2.38. The summed E-state index contributed by atoms with van der Waals surface area (Å²) in [6, 6.07) is 5.50. The summed E-state index contributed by atoms with van der Waals surface area (Å²) in [4.78, 5) is 85.6. The molecule has 1 fully saturated rings. The zero-order chi connectivity index (χ0) is 32.2. The lowest BCUT2D eigenvalue weighted by atomic mass is 9.86. The molecule has 238 valence electrons. The van der Waals surface area contributed by atoms with Crippen LogP contribution in [0.25, 0.3) is 0 Å². The van der Waals surface area contributed by atoms with Gasteiger partial charge in [-0.15, -0.1) is 0 Å². The average molecular weight is 634 g/mol. The predicted octanol–water partition coefficient (Wildman–Crippen LogP) is 1.13. The van der Waals surface area contributed by atoms with Crippen molar-refractivity contribution in [2.24, 2.45) is 0 Å². The molecule has 5 amide bonds. The van der Waals surface area contributed by atoms with Gasteiger partial charge in [0.25, 0.3) is 5.91 Å². The van der Waals surface area contributed by atoms with Crippen molar-refractivity contribution in [2.75, 3.05) is 13.1 Å². The van der Waals surface area contributed by atoms with Gasteiger partial charge in [0, 0.05) is 43.8 Å². The summed E-state index contributed by atoms with van der Waals surface area (Å²) >= 11 is 6.02. The first-order valence-electron chi connectivity index (χ1n) is 14.3. The van der Waals surface area contributed by atoms with Gasteiger partial charge >= 0.3 is 5.97 Å². The van der Waals surface area contributed by atoms with Gasteiger partial charge in [-0.3, -0.25) is 34.1 Å². The van der Waals surface area contributed by atoms with Crippen LogP contribution in [0.2, 0.25) is 0 Å². The van der Waals surface area contributed by atoms with Gasteiger partial charge < -0.3 is 25.9 Å². The minimum atomic E-state index is -1.34. The molecule has 3 unspecified atom stereocenters. The Balaban J connectivity index is 1.47. The van der Waals surface area contributed by atoms with Gasteiger partial charge in [-0.2, -0.15) is 0 Å². The van der Waals surface area contributed by atoms with E-state index in [2.05, 4.69) is 16.0 Å². The highest BCUT2D eigenvalue weighted by Gasteiger charge is 2.53. The maximum absolute atomic E-state index is 13.3. The Kier molecular flexibility index (Phi) is 12.8. The van der Waals surface area contributed by atoms with Crippen molar-refractivity contribution >= 4 is 53.4 Å². The first-order valence-corrected chi connectivity index (χ1v) is 14.7. The molecule has 5 N–H and O–H groups in total. The molecule has 0 saturated carbocycles. The quantitative estimate of drug-likeness (QED) is 0.0548. The second kappa shape index (κ2) is 16.5. The Morgan fingerprint density at radius 2 is 1.77 bits per heavy atom. The van der Waals surface area contributed by atoms with Gasteiger partial charge in [-0.25, -0.2) is 9.86 Å². The second-order valence-corrected chi connectivity index (χ2v) is 10.9. The highest BCUT2D eigenvalue weighted by molar-refractivity contribution is 6.32. The maximum atomic E-state index is 13.3. The topological polar surface area (TPSA) is 203 Å². The molecule has 0 radical (unpaired) electrons. The van der Waals surface area contributed by atoms with Crippen molar-refractivity contribution in [3.8, 4) is 0 Å². The second-order valence-electron chi connectivity index (χ2n) is 10.4. The first kappa shape index (κ1) is 34.2. The maximum Gasteiger partial charge on any atom is 0.353 e. The van der Waals surface area contributed by atoms with E-state index >= 15 is 0 Å². The Hall–Kier alpha value is -4.30. The fourth-order valence-corrected chi connectivity index (χ4v) is 5.26. The van der Waals surface area contributed by atoms with E-state index in [1.165, 1.54) is 0 Å². The molecule has 3 atom stereocenters. The fraction of sp³-hybridized carbons (Fsp3) is 0.483. The van der Waals surface area contributed by atoms with Crippen LogP contribution in [0.3, 0.4) is 0 Å². The fourth-order valence-electron chi connectivity index (χ4n) is 4.98. The standard InChI is InChI=1S/C29H36ClN5O9/c30-19-11-12-20-25(28(41)35(20)26(19)29(42)43)33-27(40)24(18-8-3-1-4-9-18)32-22(38)13-14-23(39)34(44)16-6-2-5-15-31-21(37)10-7-17-36/h1,3-4,8-9,17,20,24-25,44H,2,5-7,10-16H2,(H,31,37)(H,32,38)(H,33,40)(H,42,43). The smallest absolute Gasteiger partial charge is 0.353 e. The monoisotopic (exact) mass is 633 g/mol. The summed E-state index contributed by atoms with van der Waals surface area (Å²) in [5.41, 5.74) is 0.125. The molecule has 1 aromatic carbocycles. The van der Waals surface area contributed by atoms with Crippen LogP contribution in [0, 0.1) is 0 Å². The number of hydrogen-bond acceptors (Lipinski definition) is 8. The van der Waals surface area contributed by atoms with Crippen LogP contribution < -0.4 is 16.0 Å². The Labute approximate surface area is 258 Å². The number of hydrogen-bond donors (Lipinski definition) is 5. The Morgan fingerprint density at radius 1 is 1.05 bits per heavy atom. The lowest BCUT2D eigenvalue weighted by Gasteiger charge is -2.49. The number of rotatable bonds is 17. The third kappa shape index (κ3) is 9.10. The van der Waals surface area contributed by atoms with Crippen LogP contribution >= 0.6 is 11.6 Å². The summed E-state index contributed by atoms with van der Waals surface area (Å²) in [6.45, 7) is 0.447. The van der Waals surface area contributed by atoms with Gasteiger partial charge in [0.15, 0.2) is 0 Å². The number of halogens is 1. The molecule has 2 heterocycles. The van der Waals surface area contributed by atoms with Crippen LogP contribution in [-0.2, 0) is 33.6 Å². The molecule has 2 aliphatic heterocycles. The molecule has 3 rings (SSSR count). The van der Waals surface area contributed by atoms with Crippen LogP contribution in [0.5, 0.6) is 0 Å². The third-order valence-electron chi connectivity index (χ3n) is 7.29. The number of carbonyl (C=O) groups excluding carboxylic acids is 6. The SMILES string of the molecule is O=CCCC(=O)NCCCCCN(O)C(=O)CCC(=O)NC(C(=O)NC1C(=O)N2C(C(=O)O)=C(Cl)CCC12)c1ccccc1. The zero-order valence-electron chi connectivity index (χ0n) is 24.0. The van der Waals surface area contributed by atoms with Crippen molar-refractivity contribution in [3.05, 3.63) is 46.6 Å². The number of carboxylic acids is 1. The summed E-state index contributed by atoms with van der Waals surface area (Å²) in [7, 11) is 0. The van der Waals surface area contributed by atoms with Crippen LogP contribution in [0.15, 0.2) is 41.1 Å². The number of fused-ring (bicyclic) bond motifs is 1. The largest absolute Gasteiger partial charge is 0.477 e. The van der Waals surface area contributed by atoms with Gasteiger partial charge in [0.05, 0.1) is 6.04 Å². The van der Waals surface area contributed by atoms with E-state index in [9.17, 15) is 43.9 Å². The molecule has 0 aliphatic carbocycles. The molecule has 1 saturated heterocycles. The number of nitrogens with one attached hydrogen (secondary N) is 3. The number of carbonyl (C=O) groups is 7. The number of unbranched alkanes of at least 4 members (excludes halogenated alkanes) is 2. The van der Waals surface area contributed by atoms with E-state index in [1.54, 1.807) is 30.3 Å². The van der Waals surface area contributed by atoms with Crippen LogP contribution in [0.1, 0.15) is 69.4 Å². The summed E-state index contributed by atoms with van der Waals surface area (Å²) < 4.78 is 0. The zero-order valence-corrected chi connectivity index (χ0v) is 24.8. The number of hydroxylamine groups is 2. The summed E-state index contributed by atoms with van der Waals surface area (Å²) in [5.74, 6) is -4.17. The summed E-state index contributed by atoms with van der Waals surface area (Å²) in [5, 5.41) is 28.0. The molecule has 14 nitrogen and oxygen atoms in total. The van der Waals surface area contributed by atoms with E-state index < -0.39 is 47.7 Å². The normalized spacial score (nSPS) is 18.0. The van der Waals surface area contributed by atoms with Gasteiger partial charge in [0.2, 0.25) is 23.6 Å². The first-order chi connectivity index (χ1) is 21.0. The molecule has 0 aromatic heterocycles. The Bertz CT molecular complexity index is 1290. The highest BCUT2D eigenvalue weighted by atomic mass is 35.5. The molecule has 0 bridgehead atoms. The molecule has 2 aliphatic rings. The summed E-state index contributed by atoms with van der Waals surface area (Å²) in [6.07, 6.45) is 2.63. The van der Waals surface area contributed by atoms with E-state index in [0.29, 0.717) is 49.1 Å². The molecular formula is C29H36ClN5O9. The van der Waals surface area contributed by atoms with Crippen LogP contribution in [-0.4, -0.2) is 87.2 Å². The van der Waals surface area contributed by atoms with Gasteiger partial charge in [0.1, 0.15) is 24.1 Å². The number of nitrogens with zero attached hydrogens (tertiary/aromatic N) is 2.